The summed E-state index contributed by atoms with van der Waals surface area (Å²) in [6, 6.07) is 4.65. The van der Waals surface area contributed by atoms with Crippen LogP contribution in [-0.4, -0.2) is 6.98 Å². The maximum Gasteiger partial charge on any atom is 1.00 e. The Morgan fingerprint density at radius 2 is 1.87 bits per heavy atom. The van der Waals surface area contributed by atoms with Crippen LogP contribution in [0.3, 0.4) is 0 Å². The van der Waals surface area contributed by atoms with E-state index in [0.29, 0.717) is 0 Å². The Kier molecular flexibility index (Phi) is 6.07. The van der Waals surface area contributed by atoms with E-state index in [1.807, 2.05) is 0 Å². The van der Waals surface area contributed by atoms with Gasteiger partial charge < -0.3 is 12.9 Å². The molecule has 0 aliphatic carbocycles. The van der Waals surface area contributed by atoms with E-state index in [1.54, 1.807) is 0 Å². The molecular weight excluding hydrogens is 236 g/mol. The summed E-state index contributed by atoms with van der Waals surface area (Å²) < 4.78 is 48.9. The zero-order valence-corrected chi connectivity index (χ0v) is 11.1. The molecule has 0 aliphatic rings. The molecule has 1 aromatic rings. The van der Waals surface area contributed by atoms with Crippen LogP contribution in [-0.2, 0) is 6.32 Å². The number of nitriles is 1. The van der Waals surface area contributed by atoms with Crippen molar-refractivity contribution in [1.82, 2.24) is 0 Å². The van der Waals surface area contributed by atoms with Crippen LogP contribution in [0.2, 0.25) is 0 Å². The predicted molar refractivity (Wildman–Crippen MR) is 43.9 cm³/mol. The minimum atomic E-state index is -5.04. The van der Waals surface area contributed by atoms with E-state index >= 15 is 0 Å². The van der Waals surface area contributed by atoms with Gasteiger partial charge in [-0.05, 0) is 6.07 Å². The molecule has 0 spiro atoms. The van der Waals surface area contributed by atoms with E-state index in [0.717, 1.165) is 18.2 Å². The Labute approximate surface area is 127 Å². The van der Waals surface area contributed by atoms with E-state index in [4.69, 9.17) is 5.26 Å². The van der Waals surface area contributed by atoms with Gasteiger partial charge in [0.25, 0.3) is 0 Å². The van der Waals surface area contributed by atoms with Gasteiger partial charge in [0.1, 0.15) is 11.9 Å². The van der Waals surface area contributed by atoms with Crippen LogP contribution in [0.1, 0.15) is 11.1 Å². The Balaban J connectivity index is 0.00000196. The molecule has 0 atom stereocenters. The molecular formula is C8H5BF4KN. The van der Waals surface area contributed by atoms with Crippen molar-refractivity contribution >= 4 is 6.98 Å². The van der Waals surface area contributed by atoms with Crippen molar-refractivity contribution in [3.8, 4) is 6.07 Å². The minimum Gasteiger partial charge on any atom is -0.449 e. The van der Waals surface area contributed by atoms with Gasteiger partial charge in [0.2, 0.25) is 0 Å². The molecule has 0 amide bonds. The molecule has 0 unspecified atom stereocenters. The molecule has 1 rings (SSSR count). The Bertz CT molecular complexity index is 385. The predicted octanol–water partition coefficient (Wildman–Crippen LogP) is -0.370. The second kappa shape index (κ2) is 6.01. The standard InChI is InChI=1S/C8H5BF4N.K/c10-8-3-1-2-6(7(8)5-14)4-9(11,12)13;/h1-3H,4H2;/q-1;+1. The van der Waals surface area contributed by atoms with Crippen LogP contribution >= 0.6 is 0 Å². The van der Waals surface area contributed by atoms with Gasteiger partial charge in [-0.3, -0.25) is 0 Å². The summed E-state index contributed by atoms with van der Waals surface area (Å²) in [7, 11) is 0. The van der Waals surface area contributed by atoms with Crippen molar-refractivity contribution in [3.05, 3.63) is 35.1 Å². The molecule has 7 heteroatoms. The van der Waals surface area contributed by atoms with Crippen molar-refractivity contribution in [2.45, 2.75) is 6.32 Å². The molecule has 74 valence electrons. The largest absolute Gasteiger partial charge is 1.00 e. The summed E-state index contributed by atoms with van der Waals surface area (Å²) in [4.78, 5) is 0. The number of hydrogen-bond donors (Lipinski definition) is 0. The number of nitrogens with zero attached hydrogens (tertiary/aromatic N) is 1. The van der Waals surface area contributed by atoms with Crippen molar-refractivity contribution in [2.24, 2.45) is 0 Å². The summed E-state index contributed by atoms with van der Waals surface area (Å²) in [5.74, 6) is -0.912. The minimum absolute atomic E-state index is 0. The van der Waals surface area contributed by atoms with Gasteiger partial charge in [-0.2, -0.15) is 5.26 Å². The molecule has 0 aromatic heterocycles. The third-order valence-corrected chi connectivity index (χ3v) is 1.66. The quantitative estimate of drug-likeness (QED) is 0.512. The van der Waals surface area contributed by atoms with E-state index in [2.05, 4.69) is 0 Å². The fourth-order valence-electron chi connectivity index (χ4n) is 1.11. The Morgan fingerprint density at radius 3 is 2.33 bits per heavy atom. The van der Waals surface area contributed by atoms with Gasteiger partial charge in [-0.25, -0.2) is 4.39 Å². The van der Waals surface area contributed by atoms with E-state index in [-0.39, 0.29) is 56.9 Å². The van der Waals surface area contributed by atoms with Gasteiger partial charge in [0, 0.05) is 0 Å². The SMILES string of the molecule is N#Cc1c(F)cccc1C[B-](F)(F)F.[K+]. The number of hydrogen-bond acceptors (Lipinski definition) is 1. The summed E-state index contributed by atoms with van der Waals surface area (Å²) in [5.41, 5.74) is -0.827. The third kappa shape index (κ3) is 4.66. The number of halogens is 4. The van der Waals surface area contributed by atoms with Crippen molar-refractivity contribution in [1.29, 1.82) is 5.26 Å². The zero-order valence-electron chi connectivity index (χ0n) is 7.98. The molecule has 0 radical (unpaired) electrons. The Hall–Kier alpha value is 0.131. The van der Waals surface area contributed by atoms with Crippen molar-refractivity contribution < 1.29 is 68.7 Å². The average molecular weight is 241 g/mol. The van der Waals surface area contributed by atoms with Crippen LogP contribution in [0.25, 0.3) is 0 Å². The van der Waals surface area contributed by atoms with Crippen LogP contribution in [0.5, 0.6) is 0 Å². The molecule has 0 heterocycles. The normalized spacial score (nSPS) is 10.3. The van der Waals surface area contributed by atoms with Gasteiger partial charge in [-0.1, -0.05) is 24.0 Å². The maximum atomic E-state index is 12.8. The summed E-state index contributed by atoms with van der Waals surface area (Å²) in [5, 5.41) is 8.45. The maximum absolute atomic E-state index is 12.8. The van der Waals surface area contributed by atoms with Gasteiger partial charge in [0.05, 0.1) is 5.56 Å². The fourth-order valence-corrected chi connectivity index (χ4v) is 1.11. The van der Waals surface area contributed by atoms with Crippen LogP contribution in [0.15, 0.2) is 18.2 Å². The zero-order chi connectivity index (χ0) is 10.8. The first kappa shape index (κ1) is 15.1. The number of rotatable bonds is 2. The van der Waals surface area contributed by atoms with Gasteiger partial charge in [0.15, 0.2) is 0 Å². The second-order valence-electron chi connectivity index (χ2n) is 2.80. The van der Waals surface area contributed by atoms with Gasteiger partial charge in [-0.15, -0.1) is 0 Å². The topological polar surface area (TPSA) is 23.8 Å². The van der Waals surface area contributed by atoms with Crippen LogP contribution in [0, 0.1) is 17.1 Å². The fraction of sp³-hybridized carbons (Fsp3) is 0.125. The summed E-state index contributed by atoms with van der Waals surface area (Å²) in [6.45, 7) is -5.04. The monoisotopic (exact) mass is 241 g/mol. The van der Waals surface area contributed by atoms with Crippen molar-refractivity contribution in [2.75, 3.05) is 0 Å². The first-order valence-corrected chi connectivity index (χ1v) is 3.82. The summed E-state index contributed by atoms with van der Waals surface area (Å²) >= 11 is 0. The van der Waals surface area contributed by atoms with E-state index in [1.165, 1.54) is 6.07 Å². The average Bonchev–Trinajstić information content (AvgIpc) is 2.01. The smallest absolute Gasteiger partial charge is 0.449 e. The molecule has 0 saturated heterocycles. The first-order chi connectivity index (χ1) is 6.44. The first-order valence-electron chi connectivity index (χ1n) is 3.82. The Morgan fingerprint density at radius 1 is 1.27 bits per heavy atom. The van der Waals surface area contributed by atoms with Gasteiger partial charge >= 0.3 is 58.4 Å². The molecule has 15 heavy (non-hydrogen) atoms. The van der Waals surface area contributed by atoms with Crippen molar-refractivity contribution in [3.63, 3.8) is 0 Å². The third-order valence-electron chi connectivity index (χ3n) is 1.66. The second-order valence-corrected chi connectivity index (χ2v) is 2.80. The molecule has 0 bridgehead atoms. The molecule has 0 fully saturated rings. The molecule has 1 aromatic carbocycles. The van der Waals surface area contributed by atoms with Crippen LogP contribution < -0.4 is 51.4 Å². The molecule has 0 aliphatic heterocycles. The molecule has 1 nitrogen and oxygen atoms in total. The summed E-state index contributed by atoms with van der Waals surface area (Å²) in [6.07, 6.45) is -1.22. The van der Waals surface area contributed by atoms with E-state index in [9.17, 15) is 17.3 Å². The molecule has 0 saturated carbocycles. The molecule has 0 N–H and O–H groups in total. The van der Waals surface area contributed by atoms with Crippen LogP contribution in [0.4, 0.5) is 17.3 Å². The van der Waals surface area contributed by atoms with E-state index < -0.39 is 24.7 Å². The number of benzene rings is 1.